The number of nitrogens with one attached hydrogen (secondary N) is 1. The van der Waals surface area contributed by atoms with Gasteiger partial charge in [-0.2, -0.15) is 0 Å². The zero-order chi connectivity index (χ0) is 14.1. The van der Waals surface area contributed by atoms with Crippen molar-refractivity contribution in [1.82, 2.24) is 5.32 Å². The van der Waals surface area contributed by atoms with Crippen LogP contribution in [0.2, 0.25) is 0 Å². The van der Waals surface area contributed by atoms with Crippen LogP contribution in [0.25, 0.3) is 0 Å². The molecule has 0 saturated carbocycles. The summed E-state index contributed by atoms with van der Waals surface area (Å²) < 4.78 is 11.2. The molecule has 0 bridgehead atoms. The summed E-state index contributed by atoms with van der Waals surface area (Å²) in [4.78, 5) is 0. The quantitative estimate of drug-likeness (QED) is 0.673. The van der Waals surface area contributed by atoms with Crippen molar-refractivity contribution in [2.45, 2.75) is 26.8 Å². The van der Waals surface area contributed by atoms with Crippen LogP contribution < -0.4 is 14.8 Å². The highest BCUT2D eigenvalue weighted by Crippen LogP contribution is 2.25. The van der Waals surface area contributed by atoms with Gasteiger partial charge in [-0.05, 0) is 25.0 Å². The van der Waals surface area contributed by atoms with Crippen LogP contribution in [0, 0.1) is 5.92 Å². The van der Waals surface area contributed by atoms with E-state index >= 15 is 0 Å². The average molecular weight is 267 g/mol. The van der Waals surface area contributed by atoms with Crippen molar-refractivity contribution >= 4 is 0 Å². The van der Waals surface area contributed by atoms with Crippen LogP contribution in [0.4, 0.5) is 0 Å². The molecule has 0 aliphatic carbocycles. The molecular weight excluding hydrogens is 242 g/mol. The first-order valence-electron chi connectivity index (χ1n) is 6.87. The molecule has 0 aromatic heterocycles. The van der Waals surface area contributed by atoms with Gasteiger partial charge in [-0.25, -0.2) is 0 Å². The molecule has 4 nitrogen and oxygen atoms in total. The molecule has 0 amide bonds. The maximum atomic E-state index is 9.20. The van der Waals surface area contributed by atoms with E-state index in [1.54, 1.807) is 0 Å². The van der Waals surface area contributed by atoms with Crippen molar-refractivity contribution < 1.29 is 14.6 Å². The smallest absolute Gasteiger partial charge is 0.161 e. The van der Waals surface area contributed by atoms with Crippen LogP contribution in [0.5, 0.6) is 11.5 Å². The summed E-state index contributed by atoms with van der Waals surface area (Å²) in [6, 6.07) is 7.77. The highest BCUT2D eigenvalue weighted by Gasteiger charge is 2.10. The molecule has 1 unspecified atom stereocenters. The van der Waals surface area contributed by atoms with Gasteiger partial charge < -0.3 is 19.9 Å². The first kappa shape index (κ1) is 15.8. The van der Waals surface area contributed by atoms with Crippen molar-refractivity contribution in [2.75, 3.05) is 26.4 Å². The lowest BCUT2D eigenvalue weighted by Gasteiger charge is -2.20. The van der Waals surface area contributed by atoms with Gasteiger partial charge in [0.2, 0.25) is 0 Å². The number of ether oxygens (including phenoxy) is 2. The first-order chi connectivity index (χ1) is 9.19. The number of hydrogen-bond acceptors (Lipinski definition) is 4. The second-order valence-electron chi connectivity index (χ2n) is 4.72. The molecule has 0 aliphatic rings. The second kappa shape index (κ2) is 8.77. The van der Waals surface area contributed by atoms with E-state index in [0.29, 0.717) is 25.7 Å². The fraction of sp³-hybridized carbons (Fsp3) is 0.600. The SMILES string of the molecule is CCOc1ccccc1OCCNC(CO)C(C)C. The first-order valence-corrected chi connectivity index (χ1v) is 6.87. The number of rotatable bonds is 9. The molecule has 0 radical (unpaired) electrons. The number of aliphatic hydroxyl groups excluding tert-OH is 1. The van der Waals surface area contributed by atoms with Crippen molar-refractivity contribution in [2.24, 2.45) is 5.92 Å². The Morgan fingerprint density at radius 1 is 1.16 bits per heavy atom. The Balaban J connectivity index is 2.36. The third-order valence-electron chi connectivity index (χ3n) is 2.92. The minimum Gasteiger partial charge on any atom is -0.490 e. The number of aliphatic hydroxyl groups is 1. The van der Waals surface area contributed by atoms with Gasteiger partial charge in [0.1, 0.15) is 6.61 Å². The molecule has 0 heterocycles. The predicted molar refractivity (Wildman–Crippen MR) is 76.8 cm³/mol. The molecule has 1 atom stereocenters. The molecule has 4 heteroatoms. The van der Waals surface area contributed by atoms with Crippen molar-refractivity contribution in [1.29, 1.82) is 0 Å². The second-order valence-corrected chi connectivity index (χ2v) is 4.72. The van der Waals surface area contributed by atoms with Crippen LogP contribution in [-0.4, -0.2) is 37.5 Å². The van der Waals surface area contributed by atoms with Crippen molar-refractivity contribution in [3.05, 3.63) is 24.3 Å². The minimum absolute atomic E-state index is 0.116. The van der Waals surface area contributed by atoms with Gasteiger partial charge in [-0.15, -0.1) is 0 Å². The van der Waals surface area contributed by atoms with E-state index in [1.165, 1.54) is 0 Å². The Morgan fingerprint density at radius 3 is 2.32 bits per heavy atom. The summed E-state index contributed by atoms with van der Waals surface area (Å²) in [5, 5.41) is 12.5. The summed E-state index contributed by atoms with van der Waals surface area (Å²) in [5.41, 5.74) is 0. The van der Waals surface area contributed by atoms with E-state index in [1.807, 2.05) is 31.2 Å². The summed E-state index contributed by atoms with van der Waals surface area (Å²) in [6.45, 7) is 8.13. The number of benzene rings is 1. The van der Waals surface area contributed by atoms with Gasteiger partial charge in [-0.1, -0.05) is 26.0 Å². The van der Waals surface area contributed by atoms with Crippen LogP contribution in [-0.2, 0) is 0 Å². The molecule has 0 aliphatic heterocycles. The van der Waals surface area contributed by atoms with Gasteiger partial charge in [0.05, 0.1) is 13.2 Å². The molecule has 1 aromatic rings. The van der Waals surface area contributed by atoms with Gasteiger partial charge in [0, 0.05) is 12.6 Å². The Hall–Kier alpha value is -1.26. The molecule has 0 saturated heterocycles. The summed E-state index contributed by atoms with van der Waals surface area (Å²) in [7, 11) is 0. The van der Waals surface area contributed by atoms with Crippen molar-refractivity contribution in [3.63, 3.8) is 0 Å². The van der Waals surface area contributed by atoms with Crippen LogP contribution in [0.15, 0.2) is 24.3 Å². The fourth-order valence-corrected chi connectivity index (χ4v) is 1.76. The number of para-hydroxylation sites is 2. The molecule has 2 N–H and O–H groups in total. The van der Waals surface area contributed by atoms with E-state index in [2.05, 4.69) is 19.2 Å². The topological polar surface area (TPSA) is 50.7 Å². The molecule has 19 heavy (non-hydrogen) atoms. The largest absolute Gasteiger partial charge is 0.490 e. The van der Waals surface area contributed by atoms with Gasteiger partial charge in [-0.3, -0.25) is 0 Å². The zero-order valence-electron chi connectivity index (χ0n) is 12.1. The molecule has 0 fully saturated rings. The van der Waals surface area contributed by atoms with Crippen LogP contribution in [0.3, 0.4) is 0 Å². The fourth-order valence-electron chi connectivity index (χ4n) is 1.76. The standard InChI is InChI=1S/C15H25NO3/c1-4-18-14-7-5-6-8-15(14)19-10-9-16-13(11-17)12(2)3/h5-8,12-13,16-17H,4,9-11H2,1-3H3. The lowest BCUT2D eigenvalue weighted by atomic mass is 10.1. The molecule has 0 spiro atoms. The Morgan fingerprint density at radius 2 is 1.79 bits per heavy atom. The van der Waals surface area contributed by atoms with Crippen LogP contribution in [0.1, 0.15) is 20.8 Å². The van der Waals surface area contributed by atoms with Gasteiger partial charge in [0.15, 0.2) is 11.5 Å². The van der Waals surface area contributed by atoms with E-state index in [9.17, 15) is 5.11 Å². The Bertz CT molecular complexity index is 355. The maximum absolute atomic E-state index is 9.20. The van der Waals surface area contributed by atoms with Gasteiger partial charge >= 0.3 is 0 Å². The lowest BCUT2D eigenvalue weighted by Crippen LogP contribution is -2.39. The minimum atomic E-state index is 0.116. The summed E-state index contributed by atoms with van der Waals surface area (Å²) >= 11 is 0. The monoisotopic (exact) mass is 267 g/mol. The van der Waals surface area contributed by atoms with E-state index < -0.39 is 0 Å². The molecule has 1 aromatic carbocycles. The maximum Gasteiger partial charge on any atom is 0.161 e. The normalized spacial score (nSPS) is 12.5. The number of hydrogen-bond donors (Lipinski definition) is 2. The summed E-state index contributed by atoms with van der Waals surface area (Å²) in [5.74, 6) is 1.93. The van der Waals surface area contributed by atoms with Crippen molar-refractivity contribution in [3.8, 4) is 11.5 Å². The summed E-state index contributed by atoms with van der Waals surface area (Å²) in [6.07, 6.45) is 0. The zero-order valence-corrected chi connectivity index (χ0v) is 12.1. The predicted octanol–water partition coefficient (Wildman–Crippen LogP) is 2.07. The highest BCUT2D eigenvalue weighted by atomic mass is 16.5. The Labute approximate surface area is 115 Å². The lowest BCUT2D eigenvalue weighted by molar-refractivity contribution is 0.200. The van der Waals surface area contributed by atoms with E-state index in [4.69, 9.17) is 9.47 Å². The van der Waals surface area contributed by atoms with E-state index in [0.717, 1.165) is 11.5 Å². The van der Waals surface area contributed by atoms with Gasteiger partial charge in [0.25, 0.3) is 0 Å². The van der Waals surface area contributed by atoms with E-state index in [-0.39, 0.29) is 12.6 Å². The molecule has 1 rings (SSSR count). The Kier molecular flexibility index (Phi) is 7.30. The average Bonchev–Trinajstić information content (AvgIpc) is 2.40. The third-order valence-corrected chi connectivity index (χ3v) is 2.92. The highest BCUT2D eigenvalue weighted by molar-refractivity contribution is 5.39. The molecule has 108 valence electrons. The third kappa shape index (κ3) is 5.49. The molecular formula is C15H25NO3. The van der Waals surface area contributed by atoms with Crippen LogP contribution >= 0.6 is 0 Å².